The Morgan fingerprint density at radius 3 is 2.46 bits per heavy atom. The molecular weight excluding hydrogens is 328 g/mol. The first-order chi connectivity index (χ1) is 12.2. The van der Waals surface area contributed by atoms with Gasteiger partial charge in [0.25, 0.3) is 0 Å². The molecule has 0 saturated carbocycles. The van der Waals surface area contributed by atoms with E-state index in [1.807, 2.05) is 49.4 Å². The van der Waals surface area contributed by atoms with E-state index in [2.05, 4.69) is 12.3 Å². The number of hydrogen-bond donors (Lipinski definition) is 1. The van der Waals surface area contributed by atoms with Crippen LogP contribution in [0.2, 0.25) is 0 Å². The van der Waals surface area contributed by atoms with Gasteiger partial charge in [-0.3, -0.25) is 10.2 Å². The number of carbonyl (C=O) groups excluding carboxylic acids is 2. The van der Waals surface area contributed by atoms with Crippen LogP contribution in [0.1, 0.15) is 59.4 Å². The van der Waals surface area contributed by atoms with E-state index in [0.717, 1.165) is 24.8 Å². The third kappa shape index (κ3) is 8.70. The largest absolute Gasteiger partial charge is 0.442 e. The average Bonchev–Trinajstić information content (AvgIpc) is 2.57. The number of hydrogen-bond acceptors (Lipinski definition) is 3. The van der Waals surface area contributed by atoms with Crippen LogP contribution in [-0.4, -0.2) is 22.6 Å². The zero-order chi connectivity index (χ0) is 19.6. The van der Waals surface area contributed by atoms with E-state index in [9.17, 15) is 9.59 Å². The van der Waals surface area contributed by atoms with Crippen molar-refractivity contribution in [2.45, 2.75) is 66.0 Å². The predicted molar refractivity (Wildman–Crippen MR) is 104 cm³/mol. The topological polar surface area (TPSA) is 58.6 Å². The second kappa shape index (κ2) is 10.6. The van der Waals surface area contributed by atoms with Crippen LogP contribution in [0, 0.1) is 5.92 Å². The number of rotatable bonds is 7. The number of amides is 2. The van der Waals surface area contributed by atoms with Crippen molar-refractivity contribution in [3.63, 3.8) is 0 Å². The summed E-state index contributed by atoms with van der Waals surface area (Å²) in [4.78, 5) is 25.0. The number of hydrazine groups is 1. The normalized spacial score (nSPS) is 12.7. The molecule has 144 valence electrons. The van der Waals surface area contributed by atoms with E-state index in [1.165, 1.54) is 5.01 Å². The Labute approximate surface area is 157 Å². The number of nitrogens with zero attached hydrogens (tertiary/aromatic N) is 1. The second-order valence-corrected chi connectivity index (χ2v) is 7.39. The monoisotopic (exact) mass is 360 g/mol. The van der Waals surface area contributed by atoms with E-state index in [-0.39, 0.29) is 18.4 Å². The van der Waals surface area contributed by atoms with Crippen molar-refractivity contribution >= 4 is 12.0 Å². The van der Waals surface area contributed by atoms with Gasteiger partial charge in [0.05, 0.1) is 12.5 Å². The van der Waals surface area contributed by atoms with Gasteiger partial charge >= 0.3 is 6.09 Å². The Balaban J connectivity index is 2.79. The minimum Gasteiger partial charge on any atom is -0.442 e. The quantitative estimate of drug-likeness (QED) is 0.430. The zero-order valence-corrected chi connectivity index (χ0v) is 16.6. The van der Waals surface area contributed by atoms with Crippen LogP contribution in [0.5, 0.6) is 0 Å². The van der Waals surface area contributed by atoms with Crippen molar-refractivity contribution < 1.29 is 14.3 Å². The highest BCUT2D eigenvalue weighted by Crippen LogP contribution is 2.12. The standard InChI is InChI=1S/C21H32N2O3/c1-6-7-8-10-13-17(2)19(24)22-23(20(25)26-21(3,4)5)16-18-14-11-9-12-15-18/h9-15,17H,6-8,16H2,1-5H3,(H,22,24). The molecule has 1 N–H and O–H groups in total. The predicted octanol–water partition coefficient (Wildman–Crippen LogP) is 4.84. The number of nitrogens with one attached hydrogen (secondary N) is 1. The van der Waals surface area contributed by atoms with Gasteiger partial charge in [0.1, 0.15) is 5.60 Å². The fourth-order valence-corrected chi connectivity index (χ4v) is 2.18. The van der Waals surface area contributed by atoms with Crippen LogP contribution < -0.4 is 5.43 Å². The summed E-state index contributed by atoms with van der Waals surface area (Å²) < 4.78 is 5.42. The first-order valence-electron chi connectivity index (χ1n) is 9.24. The maximum atomic E-state index is 12.5. The molecule has 0 spiro atoms. The molecule has 0 fully saturated rings. The Kier molecular flexibility index (Phi) is 8.90. The van der Waals surface area contributed by atoms with E-state index in [0.29, 0.717) is 0 Å². The van der Waals surface area contributed by atoms with Crippen LogP contribution in [0.3, 0.4) is 0 Å². The molecule has 2 amide bonds. The first-order valence-corrected chi connectivity index (χ1v) is 9.24. The van der Waals surface area contributed by atoms with Gasteiger partial charge in [-0.2, -0.15) is 0 Å². The van der Waals surface area contributed by atoms with Gasteiger partial charge in [0, 0.05) is 0 Å². The summed E-state index contributed by atoms with van der Waals surface area (Å²) in [7, 11) is 0. The molecule has 0 heterocycles. The Hall–Kier alpha value is -2.30. The van der Waals surface area contributed by atoms with Crippen molar-refractivity contribution in [2.24, 2.45) is 5.92 Å². The van der Waals surface area contributed by atoms with Gasteiger partial charge < -0.3 is 4.74 Å². The summed E-state index contributed by atoms with van der Waals surface area (Å²) >= 11 is 0. The molecule has 1 unspecified atom stereocenters. The molecular formula is C21H32N2O3. The van der Waals surface area contributed by atoms with E-state index in [4.69, 9.17) is 4.74 Å². The van der Waals surface area contributed by atoms with E-state index in [1.54, 1.807) is 20.8 Å². The zero-order valence-electron chi connectivity index (χ0n) is 16.6. The molecule has 0 aliphatic rings. The van der Waals surface area contributed by atoms with E-state index < -0.39 is 11.7 Å². The highest BCUT2D eigenvalue weighted by molar-refractivity contribution is 5.82. The SMILES string of the molecule is CCCCC=CC(C)C(=O)NN(Cc1ccccc1)C(=O)OC(C)(C)C. The van der Waals surface area contributed by atoms with Crippen molar-refractivity contribution in [3.05, 3.63) is 48.0 Å². The molecule has 0 bridgehead atoms. The lowest BCUT2D eigenvalue weighted by Gasteiger charge is -2.28. The van der Waals surface area contributed by atoms with Crippen LogP contribution in [0.25, 0.3) is 0 Å². The molecule has 0 aliphatic heterocycles. The first kappa shape index (κ1) is 21.7. The molecule has 1 rings (SSSR count). The van der Waals surface area contributed by atoms with Crippen LogP contribution >= 0.6 is 0 Å². The fourth-order valence-electron chi connectivity index (χ4n) is 2.18. The van der Waals surface area contributed by atoms with Gasteiger partial charge in [0.15, 0.2) is 0 Å². The molecule has 1 aromatic carbocycles. The second-order valence-electron chi connectivity index (χ2n) is 7.39. The molecule has 0 aromatic heterocycles. The summed E-state index contributed by atoms with van der Waals surface area (Å²) in [5.41, 5.74) is 2.97. The highest BCUT2D eigenvalue weighted by Gasteiger charge is 2.25. The number of benzene rings is 1. The minimum absolute atomic E-state index is 0.237. The third-order valence-electron chi connectivity index (χ3n) is 3.61. The van der Waals surface area contributed by atoms with Gasteiger partial charge in [0.2, 0.25) is 5.91 Å². The van der Waals surface area contributed by atoms with Crippen molar-refractivity contribution in [2.75, 3.05) is 0 Å². The molecule has 5 nitrogen and oxygen atoms in total. The van der Waals surface area contributed by atoms with Gasteiger partial charge in [-0.05, 0) is 32.8 Å². The van der Waals surface area contributed by atoms with Crippen molar-refractivity contribution in [3.8, 4) is 0 Å². The molecule has 1 atom stereocenters. The molecule has 0 aliphatic carbocycles. The van der Waals surface area contributed by atoms with Crippen LogP contribution in [-0.2, 0) is 16.1 Å². The summed E-state index contributed by atoms with van der Waals surface area (Å²) in [5.74, 6) is -0.563. The van der Waals surface area contributed by atoms with E-state index >= 15 is 0 Å². The number of ether oxygens (including phenoxy) is 1. The van der Waals surface area contributed by atoms with Crippen molar-refractivity contribution in [1.29, 1.82) is 0 Å². The lowest BCUT2D eigenvalue weighted by molar-refractivity contribution is -0.128. The van der Waals surface area contributed by atoms with Crippen LogP contribution in [0.15, 0.2) is 42.5 Å². The van der Waals surface area contributed by atoms with Gasteiger partial charge in [-0.1, -0.05) is 69.2 Å². The number of unbranched alkanes of at least 4 members (excludes halogenated alkanes) is 2. The molecule has 0 radical (unpaired) electrons. The smallest absolute Gasteiger partial charge is 0.429 e. The molecule has 0 saturated heterocycles. The lowest BCUT2D eigenvalue weighted by Crippen LogP contribution is -2.49. The summed E-state index contributed by atoms with van der Waals surface area (Å²) in [6, 6.07) is 9.49. The summed E-state index contributed by atoms with van der Waals surface area (Å²) in [6.07, 6.45) is 6.49. The Morgan fingerprint density at radius 1 is 1.23 bits per heavy atom. The number of carbonyl (C=O) groups is 2. The Morgan fingerprint density at radius 2 is 1.88 bits per heavy atom. The highest BCUT2D eigenvalue weighted by atomic mass is 16.6. The fraction of sp³-hybridized carbons (Fsp3) is 0.524. The summed E-state index contributed by atoms with van der Waals surface area (Å²) in [5, 5.41) is 1.24. The summed E-state index contributed by atoms with van der Waals surface area (Å²) in [6.45, 7) is 9.58. The lowest BCUT2D eigenvalue weighted by atomic mass is 10.1. The average molecular weight is 360 g/mol. The Bertz CT molecular complexity index is 591. The minimum atomic E-state index is -0.636. The van der Waals surface area contributed by atoms with Crippen molar-refractivity contribution in [1.82, 2.24) is 10.4 Å². The van der Waals surface area contributed by atoms with Gasteiger partial charge in [-0.25, -0.2) is 9.80 Å². The van der Waals surface area contributed by atoms with Crippen LogP contribution in [0.4, 0.5) is 4.79 Å². The maximum absolute atomic E-state index is 12.5. The third-order valence-corrected chi connectivity index (χ3v) is 3.61. The number of allylic oxidation sites excluding steroid dienone is 1. The maximum Gasteiger partial charge on any atom is 0.429 e. The van der Waals surface area contributed by atoms with Gasteiger partial charge in [-0.15, -0.1) is 0 Å². The molecule has 1 aromatic rings. The molecule has 5 heteroatoms. The molecule has 26 heavy (non-hydrogen) atoms.